The van der Waals surface area contributed by atoms with Gasteiger partial charge in [0.25, 0.3) is 5.91 Å². The molecule has 1 aromatic heterocycles. The fourth-order valence-corrected chi connectivity index (χ4v) is 1.27. The van der Waals surface area contributed by atoms with Crippen LogP contribution in [-0.2, 0) is 4.74 Å². The molecule has 0 aliphatic carbocycles. The van der Waals surface area contributed by atoms with Gasteiger partial charge in [0.15, 0.2) is 5.43 Å². The summed E-state index contributed by atoms with van der Waals surface area (Å²) in [6.07, 6.45) is 2.88. The molecule has 0 aliphatic rings. The number of carbonyl (C=O) groups excluding carboxylic acids is 1. The zero-order valence-electron chi connectivity index (χ0n) is 10.7. The average Bonchev–Trinajstić information content (AvgIpc) is 2.33. The molecule has 1 rings (SSSR count). The second kappa shape index (κ2) is 7.62. The van der Waals surface area contributed by atoms with Gasteiger partial charge in [-0.25, -0.2) is 0 Å². The highest BCUT2D eigenvalue weighted by Crippen LogP contribution is 1.87. The summed E-state index contributed by atoms with van der Waals surface area (Å²) in [6, 6.07) is 1.32. The van der Waals surface area contributed by atoms with Crippen molar-refractivity contribution in [3.63, 3.8) is 0 Å². The van der Waals surface area contributed by atoms with Crippen molar-refractivity contribution >= 4 is 5.91 Å². The lowest BCUT2D eigenvalue weighted by Gasteiger charge is -2.10. The molecule has 1 aromatic rings. The Morgan fingerprint density at radius 1 is 1.44 bits per heavy atom. The van der Waals surface area contributed by atoms with Crippen LogP contribution in [0.4, 0.5) is 0 Å². The molecule has 6 heteroatoms. The predicted molar refractivity (Wildman–Crippen MR) is 68.8 cm³/mol. The standard InChI is InChI=1S/C12H19N3O3/c1-15(2)6-8-18-7-5-14-12(17)10-9-13-4-3-11(10)16/h3-4,9H,5-8H2,1-2H3,(H,13,16)(H,14,17). The summed E-state index contributed by atoms with van der Waals surface area (Å²) >= 11 is 0. The highest BCUT2D eigenvalue weighted by atomic mass is 16.5. The van der Waals surface area contributed by atoms with Crippen molar-refractivity contribution in [2.45, 2.75) is 0 Å². The number of amides is 1. The quantitative estimate of drug-likeness (QED) is 0.653. The highest BCUT2D eigenvalue weighted by molar-refractivity contribution is 5.93. The summed E-state index contributed by atoms with van der Waals surface area (Å²) in [4.78, 5) is 27.7. The van der Waals surface area contributed by atoms with E-state index >= 15 is 0 Å². The van der Waals surface area contributed by atoms with Gasteiger partial charge in [0.2, 0.25) is 0 Å². The van der Waals surface area contributed by atoms with Crippen molar-refractivity contribution in [1.82, 2.24) is 15.2 Å². The number of pyridine rings is 1. The van der Waals surface area contributed by atoms with Gasteiger partial charge < -0.3 is 19.9 Å². The number of hydrogen-bond acceptors (Lipinski definition) is 4. The minimum atomic E-state index is -0.381. The van der Waals surface area contributed by atoms with E-state index in [4.69, 9.17) is 4.74 Å². The van der Waals surface area contributed by atoms with Crippen LogP contribution in [0.5, 0.6) is 0 Å². The van der Waals surface area contributed by atoms with Crippen LogP contribution < -0.4 is 10.7 Å². The highest BCUT2D eigenvalue weighted by Gasteiger charge is 2.07. The molecule has 0 saturated carbocycles. The summed E-state index contributed by atoms with van der Waals surface area (Å²) in [7, 11) is 3.93. The Hall–Kier alpha value is -1.66. The maximum absolute atomic E-state index is 11.6. The van der Waals surface area contributed by atoms with Gasteiger partial charge in [0.1, 0.15) is 5.56 Å². The van der Waals surface area contributed by atoms with Crippen LogP contribution in [0.3, 0.4) is 0 Å². The molecule has 0 aromatic carbocycles. The van der Waals surface area contributed by atoms with E-state index in [9.17, 15) is 9.59 Å². The Morgan fingerprint density at radius 2 is 2.22 bits per heavy atom. The lowest BCUT2D eigenvalue weighted by molar-refractivity contribution is 0.0899. The molecule has 0 spiro atoms. The number of rotatable bonds is 7. The summed E-state index contributed by atoms with van der Waals surface area (Å²) in [5.74, 6) is -0.381. The molecule has 100 valence electrons. The van der Waals surface area contributed by atoms with E-state index in [2.05, 4.69) is 10.3 Å². The fourth-order valence-electron chi connectivity index (χ4n) is 1.27. The van der Waals surface area contributed by atoms with Gasteiger partial charge in [-0.15, -0.1) is 0 Å². The van der Waals surface area contributed by atoms with Gasteiger partial charge in [-0.3, -0.25) is 9.59 Å². The first-order chi connectivity index (χ1) is 8.61. The zero-order valence-corrected chi connectivity index (χ0v) is 10.7. The van der Waals surface area contributed by atoms with E-state index in [1.807, 2.05) is 19.0 Å². The van der Waals surface area contributed by atoms with E-state index in [1.165, 1.54) is 18.5 Å². The lowest BCUT2D eigenvalue weighted by atomic mass is 10.2. The molecule has 0 aliphatic heterocycles. The molecular formula is C12H19N3O3. The van der Waals surface area contributed by atoms with Crippen LogP contribution in [0.1, 0.15) is 10.4 Å². The number of likely N-dealkylation sites (N-methyl/N-ethyl adjacent to an activating group) is 1. The summed E-state index contributed by atoms with van der Waals surface area (Å²) in [6.45, 7) is 2.28. The maximum Gasteiger partial charge on any atom is 0.256 e. The van der Waals surface area contributed by atoms with Gasteiger partial charge >= 0.3 is 0 Å². The van der Waals surface area contributed by atoms with Crippen molar-refractivity contribution in [2.75, 3.05) is 40.4 Å². The van der Waals surface area contributed by atoms with E-state index < -0.39 is 0 Å². The second-order valence-electron chi connectivity index (χ2n) is 4.09. The minimum Gasteiger partial charge on any atom is -0.378 e. The van der Waals surface area contributed by atoms with E-state index in [0.717, 1.165) is 6.54 Å². The van der Waals surface area contributed by atoms with Gasteiger partial charge in [0, 0.05) is 31.5 Å². The Morgan fingerprint density at radius 3 is 2.89 bits per heavy atom. The van der Waals surface area contributed by atoms with Crippen molar-refractivity contribution < 1.29 is 9.53 Å². The number of nitrogens with one attached hydrogen (secondary N) is 2. The van der Waals surface area contributed by atoms with Gasteiger partial charge in [-0.05, 0) is 14.1 Å². The second-order valence-corrected chi connectivity index (χ2v) is 4.09. The van der Waals surface area contributed by atoms with Crippen molar-refractivity contribution in [3.05, 3.63) is 34.2 Å². The first kappa shape index (κ1) is 14.4. The zero-order chi connectivity index (χ0) is 13.4. The first-order valence-electron chi connectivity index (χ1n) is 5.79. The predicted octanol–water partition coefficient (Wildman–Crippen LogP) is -0.317. The first-order valence-corrected chi connectivity index (χ1v) is 5.79. The van der Waals surface area contributed by atoms with Crippen LogP contribution in [-0.4, -0.2) is 56.2 Å². The fraction of sp³-hybridized carbons (Fsp3) is 0.500. The largest absolute Gasteiger partial charge is 0.378 e. The van der Waals surface area contributed by atoms with Crippen molar-refractivity contribution in [3.8, 4) is 0 Å². The van der Waals surface area contributed by atoms with Gasteiger partial charge in [-0.1, -0.05) is 0 Å². The number of nitrogens with zero attached hydrogens (tertiary/aromatic N) is 1. The molecule has 0 saturated heterocycles. The van der Waals surface area contributed by atoms with Crippen LogP contribution in [0.15, 0.2) is 23.3 Å². The van der Waals surface area contributed by atoms with E-state index in [1.54, 1.807) is 0 Å². The Balaban J connectivity index is 2.22. The number of ether oxygens (including phenoxy) is 1. The molecule has 1 heterocycles. The molecule has 0 radical (unpaired) electrons. The SMILES string of the molecule is CN(C)CCOCCNC(=O)c1c[nH]ccc1=O. The molecule has 1 amide bonds. The number of aromatic amines is 1. The smallest absolute Gasteiger partial charge is 0.256 e. The van der Waals surface area contributed by atoms with Crippen LogP contribution in [0.2, 0.25) is 0 Å². The van der Waals surface area contributed by atoms with E-state index in [-0.39, 0.29) is 16.9 Å². The van der Waals surface area contributed by atoms with Crippen LogP contribution in [0, 0.1) is 0 Å². The van der Waals surface area contributed by atoms with Crippen molar-refractivity contribution in [2.24, 2.45) is 0 Å². The van der Waals surface area contributed by atoms with Gasteiger partial charge in [0.05, 0.1) is 13.2 Å². The third kappa shape index (κ3) is 5.11. The monoisotopic (exact) mass is 253 g/mol. The van der Waals surface area contributed by atoms with Crippen molar-refractivity contribution in [1.29, 1.82) is 0 Å². The third-order valence-corrected chi connectivity index (χ3v) is 2.28. The molecule has 0 fully saturated rings. The molecule has 6 nitrogen and oxygen atoms in total. The van der Waals surface area contributed by atoms with Crippen LogP contribution >= 0.6 is 0 Å². The summed E-state index contributed by atoms with van der Waals surface area (Å²) in [5.41, 5.74) is -0.175. The average molecular weight is 253 g/mol. The normalized spacial score (nSPS) is 10.6. The Bertz CT molecular complexity index is 429. The molecule has 18 heavy (non-hydrogen) atoms. The molecular weight excluding hydrogens is 234 g/mol. The number of carbonyl (C=O) groups is 1. The molecule has 2 N–H and O–H groups in total. The molecule has 0 bridgehead atoms. The summed E-state index contributed by atoms with van der Waals surface area (Å²) < 4.78 is 5.32. The Labute approximate surface area is 106 Å². The van der Waals surface area contributed by atoms with Gasteiger partial charge in [-0.2, -0.15) is 0 Å². The van der Waals surface area contributed by atoms with Crippen LogP contribution in [0.25, 0.3) is 0 Å². The Kier molecular flexibility index (Phi) is 6.10. The third-order valence-electron chi connectivity index (χ3n) is 2.28. The number of aromatic nitrogens is 1. The minimum absolute atomic E-state index is 0.116. The maximum atomic E-state index is 11.6. The number of hydrogen-bond donors (Lipinski definition) is 2. The summed E-state index contributed by atoms with van der Waals surface area (Å²) in [5, 5.41) is 2.63. The lowest BCUT2D eigenvalue weighted by Crippen LogP contribution is -2.31. The van der Waals surface area contributed by atoms with E-state index in [0.29, 0.717) is 19.8 Å². The topological polar surface area (TPSA) is 74.4 Å². The molecule has 0 unspecified atom stereocenters. The molecule has 0 atom stereocenters. The number of H-pyrrole nitrogens is 1.